The number of nitrogens with one attached hydrogen (secondary N) is 2. The lowest BCUT2D eigenvalue weighted by molar-refractivity contribution is 0.0977. The van der Waals surface area contributed by atoms with Crippen LogP contribution in [0, 0.1) is 5.53 Å². The van der Waals surface area contributed by atoms with E-state index in [4.69, 9.17) is 10.3 Å². The van der Waals surface area contributed by atoms with Crippen LogP contribution in [0.5, 0.6) is 0 Å². The van der Waals surface area contributed by atoms with Crippen molar-refractivity contribution in [3.8, 4) is 0 Å². The molecule has 0 atom stereocenters. The first-order valence-corrected chi connectivity index (χ1v) is 5.33. The smallest absolute Gasteiger partial charge is 0.0657 e. The molecule has 5 nitrogen and oxygen atoms in total. The zero-order valence-electron chi connectivity index (χ0n) is 8.67. The van der Waals surface area contributed by atoms with Crippen molar-refractivity contribution in [2.24, 2.45) is 5.22 Å². The van der Waals surface area contributed by atoms with Crippen molar-refractivity contribution in [2.75, 3.05) is 39.4 Å². The summed E-state index contributed by atoms with van der Waals surface area (Å²) in [6, 6.07) is 0. The lowest BCUT2D eigenvalue weighted by Crippen LogP contribution is -2.33. The Bertz CT molecular complexity index is 148. The Labute approximate surface area is 85.3 Å². The second kappa shape index (κ2) is 7.70. The minimum atomic E-state index is 0.628. The molecule has 0 radical (unpaired) electrons. The van der Waals surface area contributed by atoms with Gasteiger partial charge in [-0.05, 0) is 25.9 Å². The number of nitrogens with zero attached hydrogens (tertiary/aromatic N) is 2. The van der Waals surface area contributed by atoms with Gasteiger partial charge in [0.05, 0.1) is 19.8 Å². The number of rotatable bonds is 7. The summed E-state index contributed by atoms with van der Waals surface area (Å²) in [5.41, 5.74) is 9.03. The Hall–Kier alpha value is -0.680. The topological polar surface area (TPSA) is 60.7 Å². The first-order valence-electron chi connectivity index (χ1n) is 5.33. The number of hydrogen-bond acceptors (Lipinski definition) is 4. The molecule has 0 aromatic heterocycles. The van der Waals surface area contributed by atoms with Gasteiger partial charge in [0.1, 0.15) is 0 Å². The monoisotopic (exact) mass is 200 g/mol. The van der Waals surface area contributed by atoms with Crippen molar-refractivity contribution < 1.29 is 4.74 Å². The van der Waals surface area contributed by atoms with Crippen molar-refractivity contribution >= 4 is 0 Å². The van der Waals surface area contributed by atoms with Crippen LogP contribution < -0.4 is 5.43 Å². The predicted octanol–water partition coefficient (Wildman–Crippen LogP) is 1.02. The molecule has 0 aromatic carbocycles. The molecular weight excluding hydrogens is 180 g/mol. The van der Waals surface area contributed by atoms with E-state index in [2.05, 4.69) is 15.5 Å². The zero-order valence-corrected chi connectivity index (χ0v) is 8.67. The van der Waals surface area contributed by atoms with E-state index in [1.807, 2.05) is 0 Å². The highest BCUT2D eigenvalue weighted by molar-refractivity contribution is 4.63. The molecular formula is C9H20N4O. The highest BCUT2D eigenvalue weighted by atomic mass is 16.5. The molecule has 0 spiro atoms. The van der Waals surface area contributed by atoms with Crippen molar-refractivity contribution in [2.45, 2.75) is 19.3 Å². The Morgan fingerprint density at radius 3 is 2.71 bits per heavy atom. The number of likely N-dealkylation sites (tertiary alicyclic amines) is 1. The first kappa shape index (κ1) is 11.4. The van der Waals surface area contributed by atoms with Gasteiger partial charge in [-0.25, -0.2) is 0 Å². The first-order chi connectivity index (χ1) is 6.93. The van der Waals surface area contributed by atoms with E-state index in [9.17, 15) is 0 Å². The standard InChI is InChI=1S/C9H20N4O/c10-12-11-4-8-14-9-7-13-5-2-1-3-6-13/h1-9H2,(H2,10,11). The summed E-state index contributed by atoms with van der Waals surface area (Å²) >= 11 is 0. The van der Waals surface area contributed by atoms with E-state index in [0.29, 0.717) is 13.2 Å². The third kappa shape index (κ3) is 5.14. The van der Waals surface area contributed by atoms with Gasteiger partial charge in [0, 0.05) is 6.54 Å². The van der Waals surface area contributed by atoms with Crippen LogP contribution in [0.15, 0.2) is 5.22 Å². The van der Waals surface area contributed by atoms with E-state index in [-0.39, 0.29) is 0 Å². The van der Waals surface area contributed by atoms with E-state index in [1.54, 1.807) is 0 Å². The van der Waals surface area contributed by atoms with Crippen LogP contribution in [-0.4, -0.2) is 44.3 Å². The zero-order chi connectivity index (χ0) is 10.1. The Kier molecular flexibility index (Phi) is 6.27. The van der Waals surface area contributed by atoms with E-state index in [1.165, 1.54) is 32.4 Å². The van der Waals surface area contributed by atoms with E-state index in [0.717, 1.165) is 13.2 Å². The fraction of sp³-hybridized carbons (Fsp3) is 1.00. The molecule has 2 N–H and O–H groups in total. The van der Waals surface area contributed by atoms with Crippen molar-refractivity contribution in [3.63, 3.8) is 0 Å². The molecule has 0 aliphatic carbocycles. The fourth-order valence-electron chi connectivity index (χ4n) is 1.65. The van der Waals surface area contributed by atoms with E-state index < -0.39 is 0 Å². The van der Waals surface area contributed by atoms with Gasteiger partial charge >= 0.3 is 0 Å². The molecule has 0 saturated carbocycles. The number of ether oxygens (including phenoxy) is 1. The van der Waals surface area contributed by atoms with Crippen LogP contribution in [0.25, 0.3) is 0 Å². The molecule has 0 aromatic rings. The molecule has 0 amide bonds. The lowest BCUT2D eigenvalue weighted by Gasteiger charge is -2.26. The molecule has 0 bridgehead atoms. The summed E-state index contributed by atoms with van der Waals surface area (Å²) in [5, 5.41) is 3.03. The summed E-state index contributed by atoms with van der Waals surface area (Å²) in [5.74, 6) is 0. The van der Waals surface area contributed by atoms with Crippen LogP contribution in [0.4, 0.5) is 0 Å². The van der Waals surface area contributed by atoms with Gasteiger partial charge in [-0.3, -0.25) is 5.43 Å². The molecule has 5 heteroatoms. The highest BCUT2D eigenvalue weighted by Crippen LogP contribution is 2.07. The van der Waals surface area contributed by atoms with Gasteiger partial charge < -0.3 is 9.64 Å². The molecule has 1 aliphatic rings. The van der Waals surface area contributed by atoms with E-state index >= 15 is 0 Å². The van der Waals surface area contributed by atoms with Gasteiger partial charge in [-0.2, -0.15) is 5.53 Å². The molecule has 1 saturated heterocycles. The fourth-order valence-corrected chi connectivity index (χ4v) is 1.65. The van der Waals surface area contributed by atoms with Crippen LogP contribution in [0.3, 0.4) is 0 Å². The van der Waals surface area contributed by atoms with Crippen LogP contribution >= 0.6 is 0 Å². The number of piperidine rings is 1. The summed E-state index contributed by atoms with van der Waals surface area (Å²) in [4.78, 5) is 2.45. The third-order valence-electron chi connectivity index (χ3n) is 2.44. The quantitative estimate of drug-likeness (QED) is 0.366. The summed E-state index contributed by atoms with van der Waals surface area (Å²) in [7, 11) is 0. The summed E-state index contributed by atoms with van der Waals surface area (Å²) < 4.78 is 5.39. The van der Waals surface area contributed by atoms with Gasteiger partial charge in [-0.15, -0.1) is 0 Å². The van der Waals surface area contributed by atoms with Gasteiger partial charge in [0.2, 0.25) is 0 Å². The average Bonchev–Trinajstić information content (AvgIpc) is 2.25. The maximum atomic E-state index is 6.49. The third-order valence-corrected chi connectivity index (χ3v) is 2.44. The Balaban J connectivity index is 1.85. The number of hydrogen-bond donors (Lipinski definition) is 2. The second-order valence-corrected chi connectivity index (χ2v) is 3.53. The summed E-state index contributed by atoms with van der Waals surface area (Å²) in [6.45, 7) is 5.55. The minimum Gasteiger partial charge on any atom is -0.378 e. The molecule has 0 unspecified atom stereocenters. The van der Waals surface area contributed by atoms with Gasteiger partial charge in [0.15, 0.2) is 0 Å². The summed E-state index contributed by atoms with van der Waals surface area (Å²) in [6.07, 6.45) is 4.05. The normalized spacial score (nSPS) is 18.0. The minimum absolute atomic E-state index is 0.628. The average molecular weight is 200 g/mol. The van der Waals surface area contributed by atoms with Crippen LogP contribution in [-0.2, 0) is 4.74 Å². The van der Waals surface area contributed by atoms with Crippen molar-refractivity contribution in [3.05, 3.63) is 0 Å². The van der Waals surface area contributed by atoms with Crippen molar-refractivity contribution in [1.82, 2.24) is 10.3 Å². The Morgan fingerprint density at radius 1 is 1.21 bits per heavy atom. The molecule has 1 fully saturated rings. The molecule has 82 valence electrons. The molecule has 1 heterocycles. The molecule has 14 heavy (non-hydrogen) atoms. The van der Waals surface area contributed by atoms with Gasteiger partial charge in [0.25, 0.3) is 0 Å². The maximum absolute atomic E-state index is 6.49. The molecule has 1 rings (SSSR count). The lowest BCUT2D eigenvalue weighted by atomic mass is 10.1. The van der Waals surface area contributed by atoms with Crippen LogP contribution in [0.1, 0.15) is 19.3 Å². The molecule has 1 aliphatic heterocycles. The Morgan fingerprint density at radius 2 is 2.00 bits per heavy atom. The predicted molar refractivity (Wildman–Crippen MR) is 54.3 cm³/mol. The maximum Gasteiger partial charge on any atom is 0.0657 e. The van der Waals surface area contributed by atoms with Gasteiger partial charge in [-0.1, -0.05) is 11.6 Å². The second-order valence-electron chi connectivity index (χ2n) is 3.53. The largest absolute Gasteiger partial charge is 0.378 e. The van der Waals surface area contributed by atoms with Crippen molar-refractivity contribution in [1.29, 1.82) is 5.53 Å². The SMILES string of the molecule is N=NNCCOCCN1CCCCC1. The van der Waals surface area contributed by atoms with Crippen LogP contribution in [0.2, 0.25) is 0 Å². The highest BCUT2D eigenvalue weighted by Gasteiger charge is 2.08.